The molecule has 5 atom stereocenters. The molecule has 1 aliphatic heterocycles. The van der Waals surface area contributed by atoms with E-state index in [-0.39, 0.29) is 28.6 Å². The van der Waals surface area contributed by atoms with Gasteiger partial charge in [-0.25, -0.2) is 4.79 Å². The van der Waals surface area contributed by atoms with Crippen LogP contribution in [0.2, 0.25) is 0 Å². The van der Waals surface area contributed by atoms with Gasteiger partial charge in [0.2, 0.25) is 0 Å². The normalized spacial score (nSPS) is 32.9. The lowest BCUT2D eigenvalue weighted by atomic mass is 9.46. The van der Waals surface area contributed by atoms with E-state index in [1.807, 2.05) is 6.08 Å². The van der Waals surface area contributed by atoms with Gasteiger partial charge in [0.15, 0.2) is 0 Å². The first-order chi connectivity index (χ1) is 16.9. The summed E-state index contributed by atoms with van der Waals surface area (Å²) in [5.41, 5.74) is 1.49. The minimum absolute atomic E-state index is 0.0992. The Morgan fingerprint density at radius 2 is 1.94 bits per heavy atom. The first-order valence-electron chi connectivity index (χ1n) is 12.7. The van der Waals surface area contributed by atoms with Crippen LogP contribution < -0.4 is 5.32 Å². The molecule has 3 aliphatic rings. The van der Waals surface area contributed by atoms with Crippen LogP contribution in [-0.4, -0.2) is 36.9 Å². The molecule has 36 heavy (non-hydrogen) atoms. The summed E-state index contributed by atoms with van der Waals surface area (Å²) < 4.78 is 43.4. The fraction of sp³-hybridized carbons (Fsp3) is 0.552. The molecule has 0 radical (unpaired) electrons. The highest BCUT2D eigenvalue weighted by molar-refractivity contribution is 5.93. The predicted octanol–water partition coefficient (Wildman–Crippen LogP) is 5.63. The molecular weight excluding hydrogens is 467 g/mol. The molecule has 4 rings (SSSR count). The van der Waals surface area contributed by atoms with Gasteiger partial charge in [0.1, 0.15) is 6.61 Å². The maximum absolute atomic E-state index is 12.8. The number of carbonyl (C=O) groups excluding carboxylic acids is 1. The van der Waals surface area contributed by atoms with Gasteiger partial charge in [-0.1, -0.05) is 50.3 Å². The molecule has 0 saturated heterocycles. The van der Waals surface area contributed by atoms with Crippen molar-refractivity contribution in [2.24, 2.45) is 22.7 Å². The van der Waals surface area contributed by atoms with Crippen molar-refractivity contribution >= 4 is 5.97 Å². The van der Waals surface area contributed by atoms with E-state index in [4.69, 9.17) is 4.74 Å². The number of hydrogen-bond acceptors (Lipinski definition) is 4. The first kappa shape index (κ1) is 26.7. The maximum atomic E-state index is 12.8. The Balaban J connectivity index is 1.43. The number of esters is 1. The third-order valence-electron chi connectivity index (χ3n) is 8.81. The molecule has 0 amide bonds. The second-order valence-electron chi connectivity index (χ2n) is 11.0. The van der Waals surface area contributed by atoms with Crippen molar-refractivity contribution in [1.82, 2.24) is 5.32 Å². The maximum Gasteiger partial charge on any atom is 0.416 e. The summed E-state index contributed by atoms with van der Waals surface area (Å²) in [4.78, 5) is 11.9. The van der Waals surface area contributed by atoms with Gasteiger partial charge >= 0.3 is 12.1 Å². The zero-order valence-corrected chi connectivity index (χ0v) is 21.0. The van der Waals surface area contributed by atoms with Gasteiger partial charge in [0.05, 0.1) is 17.2 Å². The summed E-state index contributed by atoms with van der Waals surface area (Å²) in [6, 6.07) is 5.30. The second-order valence-corrected chi connectivity index (χ2v) is 11.0. The average molecular weight is 504 g/mol. The van der Waals surface area contributed by atoms with Crippen LogP contribution in [-0.2, 0) is 22.1 Å². The van der Waals surface area contributed by atoms with Gasteiger partial charge in [0, 0.05) is 17.9 Å². The number of aliphatic hydroxyl groups excluding tert-OH is 1. The lowest BCUT2D eigenvalue weighted by molar-refractivity contribution is -0.137. The molecule has 0 aromatic heterocycles. The number of cyclic esters (lactones) is 1. The second kappa shape index (κ2) is 10.2. The molecule has 1 heterocycles. The Bertz CT molecular complexity index is 1040. The highest BCUT2D eigenvalue weighted by Gasteiger charge is 2.57. The zero-order valence-electron chi connectivity index (χ0n) is 21.0. The summed E-state index contributed by atoms with van der Waals surface area (Å²) >= 11 is 0. The predicted molar refractivity (Wildman–Crippen MR) is 133 cm³/mol. The number of alkyl halides is 3. The molecule has 2 saturated carbocycles. The van der Waals surface area contributed by atoms with Crippen molar-refractivity contribution in [1.29, 1.82) is 0 Å². The van der Waals surface area contributed by atoms with Crippen LogP contribution in [0, 0.1) is 22.7 Å². The molecule has 7 heteroatoms. The van der Waals surface area contributed by atoms with Gasteiger partial charge in [-0.05, 0) is 73.8 Å². The quantitative estimate of drug-likeness (QED) is 0.288. The third kappa shape index (κ3) is 5.18. The summed E-state index contributed by atoms with van der Waals surface area (Å²) in [5.74, 6) is 0.0528. The van der Waals surface area contributed by atoms with E-state index in [1.165, 1.54) is 12.1 Å². The molecule has 2 fully saturated rings. The Hall–Kier alpha value is -2.38. The fourth-order valence-electron chi connectivity index (χ4n) is 6.68. The number of benzene rings is 1. The van der Waals surface area contributed by atoms with E-state index in [0.29, 0.717) is 38.1 Å². The molecular formula is C29H36F3NO3. The summed E-state index contributed by atoms with van der Waals surface area (Å²) in [6.45, 7) is 10.3. The molecule has 0 unspecified atom stereocenters. The van der Waals surface area contributed by atoms with Crippen molar-refractivity contribution in [3.8, 4) is 0 Å². The Labute approximate surface area is 211 Å². The standard InChI is InChI=1S/C29H36F3NO3/c1-19-4-11-24-27(2,23(19)10-7-21-14-17-36-26(21)35)15-12-25(34)28(24,3)18-33-16-13-20-5-8-22(9-6-20)29(30,31)32/h5-10,14,23-25,33-34H,1,4,11-13,15-18H2,2-3H3/b10-7+/t23-,24+,25-,27+,28+/m1/s1. The summed E-state index contributed by atoms with van der Waals surface area (Å²) in [5, 5.41) is 14.6. The van der Waals surface area contributed by atoms with Gasteiger partial charge < -0.3 is 15.2 Å². The number of hydrogen-bond donors (Lipinski definition) is 2. The van der Waals surface area contributed by atoms with Crippen molar-refractivity contribution < 1.29 is 27.8 Å². The van der Waals surface area contributed by atoms with Crippen molar-refractivity contribution in [2.45, 2.75) is 58.2 Å². The molecule has 2 aliphatic carbocycles. The summed E-state index contributed by atoms with van der Waals surface area (Å²) in [7, 11) is 0. The highest BCUT2D eigenvalue weighted by atomic mass is 19.4. The van der Waals surface area contributed by atoms with Crippen LogP contribution >= 0.6 is 0 Å². The Morgan fingerprint density at radius 1 is 1.22 bits per heavy atom. The molecule has 1 aromatic carbocycles. The van der Waals surface area contributed by atoms with Crippen LogP contribution in [0.1, 0.15) is 50.7 Å². The average Bonchev–Trinajstić information content (AvgIpc) is 3.23. The molecule has 2 N–H and O–H groups in total. The number of fused-ring (bicyclic) bond motifs is 1. The topological polar surface area (TPSA) is 58.6 Å². The monoisotopic (exact) mass is 503 g/mol. The lowest BCUT2D eigenvalue weighted by Gasteiger charge is -2.60. The first-order valence-corrected chi connectivity index (χ1v) is 12.7. The van der Waals surface area contributed by atoms with E-state index < -0.39 is 17.8 Å². The molecule has 1 aromatic rings. The smallest absolute Gasteiger partial charge is 0.416 e. The fourth-order valence-corrected chi connectivity index (χ4v) is 6.68. The number of halogens is 3. The van der Waals surface area contributed by atoms with Crippen molar-refractivity contribution in [3.05, 3.63) is 71.3 Å². The minimum Gasteiger partial charge on any atom is -0.458 e. The van der Waals surface area contributed by atoms with Crippen LogP contribution in [0.5, 0.6) is 0 Å². The van der Waals surface area contributed by atoms with Gasteiger partial charge in [-0.3, -0.25) is 0 Å². The molecule has 0 bridgehead atoms. The minimum atomic E-state index is -4.33. The van der Waals surface area contributed by atoms with Crippen LogP contribution in [0.4, 0.5) is 13.2 Å². The van der Waals surface area contributed by atoms with E-state index in [9.17, 15) is 23.1 Å². The summed E-state index contributed by atoms with van der Waals surface area (Å²) in [6.07, 6.45) is 4.96. The number of allylic oxidation sites excluding steroid dienone is 2. The van der Waals surface area contributed by atoms with Crippen molar-refractivity contribution in [2.75, 3.05) is 19.7 Å². The number of ether oxygens (including phenoxy) is 1. The largest absolute Gasteiger partial charge is 0.458 e. The van der Waals surface area contributed by atoms with E-state index >= 15 is 0 Å². The van der Waals surface area contributed by atoms with Gasteiger partial charge in [-0.2, -0.15) is 13.2 Å². The third-order valence-corrected chi connectivity index (χ3v) is 8.81. The van der Waals surface area contributed by atoms with E-state index in [0.717, 1.165) is 42.5 Å². The van der Waals surface area contributed by atoms with Crippen molar-refractivity contribution in [3.63, 3.8) is 0 Å². The Morgan fingerprint density at radius 3 is 2.58 bits per heavy atom. The number of carbonyl (C=O) groups is 1. The number of aliphatic hydroxyl groups is 1. The zero-order chi connectivity index (χ0) is 26.1. The molecule has 0 spiro atoms. The molecule has 196 valence electrons. The van der Waals surface area contributed by atoms with Gasteiger partial charge in [0.25, 0.3) is 0 Å². The van der Waals surface area contributed by atoms with Crippen LogP contribution in [0.3, 0.4) is 0 Å². The Kier molecular flexibility index (Phi) is 7.54. The number of nitrogens with one attached hydrogen (secondary N) is 1. The SMILES string of the molecule is C=C1CC[C@@H]2[C@](C)(CNCCc3ccc(C(F)(F)F)cc3)[C@H](O)CC[C@@]2(C)[C@@H]1/C=C/C1=CCOC1=O. The van der Waals surface area contributed by atoms with Crippen LogP contribution in [0.15, 0.2) is 60.2 Å². The lowest BCUT2D eigenvalue weighted by Crippen LogP contribution is -2.59. The number of rotatable bonds is 7. The van der Waals surface area contributed by atoms with E-state index in [2.05, 4.69) is 31.8 Å². The van der Waals surface area contributed by atoms with E-state index in [1.54, 1.807) is 6.08 Å². The van der Waals surface area contributed by atoms with Crippen LogP contribution in [0.25, 0.3) is 0 Å². The highest BCUT2D eigenvalue weighted by Crippen LogP contribution is 2.61. The van der Waals surface area contributed by atoms with Gasteiger partial charge in [-0.15, -0.1) is 0 Å². The molecule has 4 nitrogen and oxygen atoms in total.